The number of piperidine rings is 1. The predicted octanol–water partition coefficient (Wildman–Crippen LogP) is 4.23. The molecule has 2 N–H and O–H groups in total. The molecule has 0 amide bonds. The Bertz CT molecular complexity index is 919. The van der Waals surface area contributed by atoms with Gasteiger partial charge in [-0.25, -0.2) is 9.97 Å². The Morgan fingerprint density at radius 2 is 1.96 bits per heavy atom. The Labute approximate surface area is 167 Å². The summed E-state index contributed by atoms with van der Waals surface area (Å²) in [5.41, 5.74) is 7.72. The first kappa shape index (κ1) is 18.0. The summed E-state index contributed by atoms with van der Waals surface area (Å²) in [6.45, 7) is 1.78. The lowest BCUT2D eigenvalue weighted by molar-refractivity contribution is 0.416. The first-order chi connectivity index (χ1) is 13.1. The van der Waals surface area contributed by atoms with E-state index in [2.05, 4.69) is 20.2 Å². The molecule has 140 valence electrons. The molecule has 0 radical (unpaired) electrons. The number of nitrogens with zero attached hydrogens (tertiary/aromatic N) is 4. The van der Waals surface area contributed by atoms with Gasteiger partial charge in [0.2, 0.25) is 5.95 Å². The van der Waals surface area contributed by atoms with E-state index in [-0.39, 0.29) is 5.95 Å². The SMILES string of the molecule is COc1ccccc1-c1csc(C2CCN(c3cc(Cl)nc(N)n3)CC2)n1. The molecule has 1 aliphatic heterocycles. The minimum atomic E-state index is 0.209. The van der Waals surface area contributed by atoms with Gasteiger partial charge in [-0.05, 0) is 25.0 Å². The summed E-state index contributed by atoms with van der Waals surface area (Å²) < 4.78 is 5.46. The quantitative estimate of drug-likeness (QED) is 0.659. The molecule has 4 rings (SSSR count). The van der Waals surface area contributed by atoms with Gasteiger partial charge in [-0.3, -0.25) is 0 Å². The molecule has 0 spiro atoms. The number of nitrogens with two attached hydrogens (primary N) is 1. The molecule has 2 aromatic heterocycles. The summed E-state index contributed by atoms with van der Waals surface area (Å²) in [5.74, 6) is 2.30. The first-order valence-corrected chi connectivity index (χ1v) is 10.0. The van der Waals surface area contributed by atoms with Crippen molar-refractivity contribution in [2.24, 2.45) is 0 Å². The second-order valence-electron chi connectivity index (χ2n) is 6.44. The number of benzene rings is 1. The molecule has 8 heteroatoms. The minimum absolute atomic E-state index is 0.209. The monoisotopic (exact) mass is 401 g/mol. The summed E-state index contributed by atoms with van der Waals surface area (Å²) in [7, 11) is 1.69. The lowest BCUT2D eigenvalue weighted by Gasteiger charge is -2.32. The zero-order valence-electron chi connectivity index (χ0n) is 14.9. The van der Waals surface area contributed by atoms with Gasteiger partial charge in [-0.15, -0.1) is 11.3 Å². The second kappa shape index (κ2) is 7.70. The van der Waals surface area contributed by atoms with Gasteiger partial charge in [-0.2, -0.15) is 4.98 Å². The molecule has 27 heavy (non-hydrogen) atoms. The predicted molar refractivity (Wildman–Crippen MR) is 110 cm³/mol. The smallest absolute Gasteiger partial charge is 0.223 e. The molecule has 1 aromatic carbocycles. The van der Waals surface area contributed by atoms with E-state index in [0.29, 0.717) is 11.1 Å². The van der Waals surface area contributed by atoms with Crippen LogP contribution in [0.4, 0.5) is 11.8 Å². The van der Waals surface area contributed by atoms with E-state index in [1.54, 1.807) is 24.5 Å². The zero-order chi connectivity index (χ0) is 18.8. The molecule has 3 heterocycles. The molecule has 0 aliphatic carbocycles. The van der Waals surface area contributed by atoms with Crippen LogP contribution in [0.15, 0.2) is 35.7 Å². The lowest BCUT2D eigenvalue weighted by atomic mass is 9.97. The van der Waals surface area contributed by atoms with Crippen molar-refractivity contribution in [2.75, 3.05) is 30.8 Å². The largest absolute Gasteiger partial charge is 0.496 e. The van der Waals surface area contributed by atoms with Crippen molar-refractivity contribution >= 4 is 34.7 Å². The van der Waals surface area contributed by atoms with Gasteiger partial charge < -0.3 is 15.4 Å². The van der Waals surface area contributed by atoms with E-state index in [0.717, 1.165) is 48.8 Å². The summed E-state index contributed by atoms with van der Waals surface area (Å²) in [4.78, 5) is 15.3. The number of thiazole rings is 1. The van der Waals surface area contributed by atoms with Gasteiger partial charge >= 0.3 is 0 Å². The first-order valence-electron chi connectivity index (χ1n) is 8.78. The van der Waals surface area contributed by atoms with Crippen LogP contribution in [0.5, 0.6) is 5.75 Å². The minimum Gasteiger partial charge on any atom is -0.496 e. The number of anilines is 2. The fourth-order valence-electron chi connectivity index (χ4n) is 3.40. The van der Waals surface area contributed by atoms with Gasteiger partial charge in [0.15, 0.2) is 0 Å². The van der Waals surface area contributed by atoms with Crippen molar-refractivity contribution in [1.29, 1.82) is 0 Å². The van der Waals surface area contributed by atoms with Crippen molar-refractivity contribution in [1.82, 2.24) is 15.0 Å². The Kier molecular flexibility index (Phi) is 5.13. The number of rotatable bonds is 4. The van der Waals surface area contributed by atoms with Crippen molar-refractivity contribution < 1.29 is 4.74 Å². The average molecular weight is 402 g/mol. The van der Waals surface area contributed by atoms with E-state index in [1.807, 2.05) is 24.3 Å². The molecule has 0 saturated carbocycles. The number of hydrogen-bond donors (Lipinski definition) is 1. The molecular weight excluding hydrogens is 382 g/mol. The van der Waals surface area contributed by atoms with Crippen molar-refractivity contribution in [3.05, 3.63) is 45.9 Å². The number of aromatic nitrogens is 3. The van der Waals surface area contributed by atoms with Crippen molar-refractivity contribution in [2.45, 2.75) is 18.8 Å². The third-order valence-electron chi connectivity index (χ3n) is 4.77. The Morgan fingerprint density at radius 3 is 2.70 bits per heavy atom. The molecule has 0 atom stereocenters. The summed E-state index contributed by atoms with van der Waals surface area (Å²) in [5, 5.41) is 3.67. The molecule has 1 fully saturated rings. The van der Waals surface area contributed by atoms with Crippen LogP contribution in [-0.2, 0) is 0 Å². The van der Waals surface area contributed by atoms with Crippen LogP contribution >= 0.6 is 22.9 Å². The number of ether oxygens (including phenoxy) is 1. The highest BCUT2D eigenvalue weighted by atomic mass is 35.5. The molecule has 1 saturated heterocycles. The Balaban J connectivity index is 1.47. The maximum Gasteiger partial charge on any atom is 0.223 e. The summed E-state index contributed by atoms with van der Waals surface area (Å²) in [6, 6.07) is 9.75. The van der Waals surface area contributed by atoms with E-state index >= 15 is 0 Å². The van der Waals surface area contributed by atoms with E-state index in [9.17, 15) is 0 Å². The molecule has 0 unspecified atom stereocenters. The van der Waals surface area contributed by atoms with Crippen molar-refractivity contribution in [3.63, 3.8) is 0 Å². The average Bonchev–Trinajstić information content (AvgIpc) is 3.17. The van der Waals surface area contributed by atoms with Gasteiger partial charge in [0.1, 0.15) is 16.7 Å². The Hall–Kier alpha value is -2.38. The fraction of sp³-hybridized carbons (Fsp3) is 0.316. The maximum atomic E-state index is 6.00. The summed E-state index contributed by atoms with van der Waals surface area (Å²) in [6.07, 6.45) is 2.03. The zero-order valence-corrected chi connectivity index (χ0v) is 16.5. The van der Waals surface area contributed by atoms with E-state index in [4.69, 9.17) is 27.1 Å². The van der Waals surface area contributed by atoms with Gasteiger partial charge in [0.25, 0.3) is 0 Å². The number of para-hydroxylation sites is 1. The van der Waals surface area contributed by atoms with Crippen LogP contribution in [0.2, 0.25) is 5.15 Å². The topological polar surface area (TPSA) is 77.2 Å². The molecular formula is C19H20ClN5OS. The third kappa shape index (κ3) is 3.84. The second-order valence-corrected chi connectivity index (χ2v) is 7.72. The standard InChI is InChI=1S/C19H20ClN5OS/c1-26-15-5-3-2-4-13(15)14-11-27-18(22-14)12-6-8-25(9-7-12)17-10-16(20)23-19(21)24-17/h2-5,10-12H,6-9H2,1H3,(H2,21,23,24). The fourth-order valence-corrected chi connectivity index (χ4v) is 4.57. The number of methoxy groups -OCH3 is 1. The molecule has 6 nitrogen and oxygen atoms in total. The normalized spacial score (nSPS) is 15.1. The number of nitrogen functional groups attached to an aromatic ring is 1. The lowest BCUT2D eigenvalue weighted by Crippen LogP contribution is -2.33. The Morgan fingerprint density at radius 1 is 1.19 bits per heavy atom. The van der Waals surface area contributed by atoms with Gasteiger partial charge in [0, 0.05) is 36.0 Å². The highest BCUT2D eigenvalue weighted by molar-refractivity contribution is 7.10. The van der Waals surface area contributed by atoms with Crippen LogP contribution in [0.3, 0.4) is 0 Å². The molecule has 1 aliphatic rings. The highest BCUT2D eigenvalue weighted by Gasteiger charge is 2.24. The number of halogens is 1. The van der Waals surface area contributed by atoms with Crippen LogP contribution in [-0.4, -0.2) is 35.2 Å². The maximum absolute atomic E-state index is 6.00. The molecule has 0 bridgehead atoms. The van der Waals surface area contributed by atoms with Crippen molar-refractivity contribution in [3.8, 4) is 17.0 Å². The van der Waals surface area contributed by atoms with Crippen LogP contribution in [0.25, 0.3) is 11.3 Å². The van der Waals surface area contributed by atoms with Gasteiger partial charge in [-0.1, -0.05) is 23.7 Å². The van der Waals surface area contributed by atoms with Gasteiger partial charge in [0.05, 0.1) is 17.8 Å². The third-order valence-corrected chi connectivity index (χ3v) is 5.97. The highest BCUT2D eigenvalue weighted by Crippen LogP contribution is 2.36. The molecule has 3 aromatic rings. The van der Waals surface area contributed by atoms with Crippen LogP contribution < -0.4 is 15.4 Å². The summed E-state index contributed by atoms with van der Waals surface area (Å²) >= 11 is 7.72. The number of hydrogen-bond acceptors (Lipinski definition) is 7. The van der Waals surface area contributed by atoms with E-state index < -0.39 is 0 Å². The van der Waals surface area contributed by atoms with Crippen LogP contribution in [0.1, 0.15) is 23.8 Å². The van der Waals surface area contributed by atoms with Crippen LogP contribution in [0, 0.1) is 0 Å². The van der Waals surface area contributed by atoms with E-state index in [1.165, 1.54) is 5.01 Å².